The van der Waals surface area contributed by atoms with Crippen molar-refractivity contribution in [2.24, 2.45) is 0 Å². The van der Waals surface area contributed by atoms with Gasteiger partial charge >= 0.3 is 0 Å². The number of benzene rings is 2. The minimum atomic E-state index is 0.184. The first-order valence-electron chi connectivity index (χ1n) is 7.02. The maximum Gasteiger partial charge on any atom is 0.00873 e. The van der Waals surface area contributed by atoms with E-state index in [2.05, 4.69) is 63.2 Å². The van der Waals surface area contributed by atoms with Crippen LogP contribution in [0.25, 0.3) is 16.7 Å². The third-order valence-corrected chi connectivity index (χ3v) is 4.63. The molecule has 2 aromatic carbocycles. The van der Waals surface area contributed by atoms with E-state index in [0.717, 1.165) is 6.42 Å². The first kappa shape index (κ1) is 11.0. The van der Waals surface area contributed by atoms with Gasteiger partial charge in [-0.15, -0.1) is 0 Å². The zero-order chi connectivity index (χ0) is 13.2. The highest BCUT2D eigenvalue weighted by molar-refractivity contribution is 5.84. The van der Waals surface area contributed by atoms with Crippen LogP contribution in [-0.2, 0) is 11.8 Å². The first-order chi connectivity index (χ1) is 9.06. The van der Waals surface area contributed by atoms with Crippen molar-refractivity contribution in [2.45, 2.75) is 32.6 Å². The van der Waals surface area contributed by atoms with E-state index >= 15 is 0 Å². The predicted molar refractivity (Wildman–Crippen MR) is 81.4 cm³/mol. The molecule has 0 amide bonds. The molecule has 0 N–H and O–H groups in total. The minimum absolute atomic E-state index is 0.184. The molecular formula is C19H18. The van der Waals surface area contributed by atoms with E-state index in [0.29, 0.717) is 0 Å². The first-order valence-corrected chi connectivity index (χ1v) is 7.02. The zero-order valence-electron chi connectivity index (χ0n) is 11.7. The SMILES string of the molecule is CC1=CC(C)(C)c2cc3c(cc21)-c1ccccc1C3. The van der Waals surface area contributed by atoms with Crippen LogP contribution in [0.2, 0.25) is 0 Å². The van der Waals surface area contributed by atoms with Gasteiger partial charge in [0.25, 0.3) is 0 Å². The van der Waals surface area contributed by atoms with E-state index in [1.54, 1.807) is 0 Å². The highest BCUT2D eigenvalue weighted by Crippen LogP contribution is 2.46. The number of allylic oxidation sites excluding steroid dienone is 2. The second kappa shape index (κ2) is 3.39. The Morgan fingerprint density at radius 2 is 1.68 bits per heavy atom. The standard InChI is InChI=1S/C19H18/c1-12-11-19(2,3)18-9-14-8-13-6-4-5-7-15(13)17(14)10-16(12)18/h4-7,9-11H,8H2,1-3H3. The Morgan fingerprint density at radius 1 is 0.895 bits per heavy atom. The Labute approximate surface area is 114 Å². The quantitative estimate of drug-likeness (QED) is 0.526. The van der Waals surface area contributed by atoms with Gasteiger partial charge in [0.2, 0.25) is 0 Å². The molecule has 0 nitrogen and oxygen atoms in total. The molecule has 2 aromatic rings. The van der Waals surface area contributed by atoms with Gasteiger partial charge in [0.05, 0.1) is 0 Å². The molecule has 0 saturated heterocycles. The lowest BCUT2D eigenvalue weighted by atomic mass is 9.85. The summed E-state index contributed by atoms with van der Waals surface area (Å²) in [6.45, 7) is 6.87. The summed E-state index contributed by atoms with van der Waals surface area (Å²) >= 11 is 0. The van der Waals surface area contributed by atoms with Crippen LogP contribution >= 0.6 is 0 Å². The van der Waals surface area contributed by atoms with Gasteiger partial charge in [0.15, 0.2) is 0 Å². The lowest BCUT2D eigenvalue weighted by Crippen LogP contribution is -2.11. The van der Waals surface area contributed by atoms with E-state index in [-0.39, 0.29) is 5.41 Å². The summed E-state index contributed by atoms with van der Waals surface area (Å²) in [5.74, 6) is 0. The summed E-state index contributed by atoms with van der Waals surface area (Å²) in [5.41, 5.74) is 10.4. The predicted octanol–water partition coefficient (Wildman–Crippen LogP) is 4.95. The second-order valence-corrected chi connectivity index (χ2v) is 6.44. The van der Waals surface area contributed by atoms with Crippen LogP contribution in [0.15, 0.2) is 42.5 Å². The summed E-state index contributed by atoms with van der Waals surface area (Å²) in [7, 11) is 0. The molecule has 0 atom stereocenters. The molecule has 2 aliphatic carbocycles. The van der Waals surface area contributed by atoms with Gasteiger partial charge in [-0.3, -0.25) is 0 Å². The van der Waals surface area contributed by atoms with Crippen LogP contribution in [0.3, 0.4) is 0 Å². The van der Waals surface area contributed by atoms with Crippen molar-refractivity contribution < 1.29 is 0 Å². The van der Waals surface area contributed by atoms with Gasteiger partial charge in [-0.25, -0.2) is 0 Å². The van der Waals surface area contributed by atoms with E-state index in [4.69, 9.17) is 0 Å². The average molecular weight is 246 g/mol. The third-order valence-electron chi connectivity index (χ3n) is 4.63. The lowest BCUT2D eigenvalue weighted by Gasteiger charge is -2.19. The fourth-order valence-corrected chi connectivity index (χ4v) is 3.74. The number of hydrogen-bond acceptors (Lipinski definition) is 0. The van der Waals surface area contributed by atoms with E-state index in [1.165, 1.54) is 39.0 Å². The fourth-order valence-electron chi connectivity index (χ4n) is 3.74. The molecule has 94 valence electrons. The summed E-state index contributed by atoms with van der Waals surface area (Å²) in [6, 6.07) is 13.7. The highest BCUT2D eigenvalue weighted by atomic mass is 14.3. The monoisotopic (exact) mass is 246 g/mol. The van der Waals surface area contributed by atoms with Gasteiger partial charge in [0, 0.05) is 5.41 Å². The second-order valence-electron chi connectivity index (χ2n) is 6.44. The van der Waals surface area contributed by atoms with Gasteiger partial charge in [-0.1, -0.05) is 50.3 Å². The van der Waals surface area contributed by atoms with Crippen LogP contribution in [-0.4, -0.2) is 0 Å². The van der Waals surface area contributed by atoms with Gasteiger partial charge in [-0.05, 0) is 58.4 Å². The maximum absolute atomic E-state index is 2.44. The Morgan fingerprint density at radius 3 is 2.53 bits per heavy atom. The Bertz CT molecular complexity index is 730. The summed E-state index contributed by atoms with van der Waals surface area (Å²) in [4.78, 5) is 0. The van der Waals surface area contributed by atoms with E-state index in [9.17, 15) is 0 Å². The highest BCUT2D eigenvalue weighted by Gasteiger charge is 2.31. The zero-order valence-corrected chi connectivity index (χ0v) is 11.7. The van der Waals surface area contributed by atoms with Crippen molar-refractivity contribution in [3.63, 3.8) is 0 Å². The van der Waals surface area contributed by atoms with Crippen LogP contribution in [0, 0.1) is 0 Å². The van der Waals surface area contributed by atoms with Gasteiger partial charge in [0.1, 0.15) is 0 Å². The largest absolute Gasteiger partial charge is 0.0709 e. The number of fused-ring (bicyclic) bond motifs is 4. The molecule has 0 heteroatoms. The van der Waals surface area contributed by atoms with Crippen LogP contribution < -0.4 is 0 Å². The molecule has 0 fully saturated rings. The molecule has 0 unspecified atom stereocenters. The Hall–Kier alpha value is -1.82. The number of hydrogen-bond donors (Lipinski definition) is 0. The summed E-state index contributed by atoms with van der Waals surface area (Å²) < 4.78 is 0. The van der Waals surface area contributed by atoms with Crippen LogP contribution in [0.4, 0.5) is 0 Å². The van der Waals surface area contributed by atoms with Crippen molar-refractivity contribution in [2.75, 3.05) is 0 Å². The molecule has 4 rings (SSSR count). The molecule has 2 aliphatic rings. The number of rotatable bonds is 0. The van der Waals surface area contributed by atoms with Crippen molar-refractivity contribution in [1.29, 1.82) is 0 Å². The summed E-state index contributed by atoms with van der Waals surface area (Å²) in [6.07, 6.45) is 3.49. The molecule has 0 spiro atoms. The normalized spacial score (nSPS) is 17.7. The molecule has 0 heterocycles. The summed E-state index contributed by atoms with van der Waals surface area (Å²) in [5, 5.41) is 0. The van der Waals surface area contributed by atoms with Crippen LogP contribution in [0.5, 0.6) is 0 Å². The third kappa shape index (κ3) is 1.40. The molecule has 0 radical (unpaired) electrons. The Balaban J connectivity index is 1.99. The molecule has 0 bridgehead atoms. The maximum atomic E-state index is 2.44. The van der Waals surface area contributed by atoms with Gasteiger partial charge < -0.3 is 0 Å². The Kier molecular flexibility index (Phi) is 1.97. The molecular weight excluding hydrogens is 228 g/mol. The van der Waals surface area contributed by atoms with Gasteiger partial charge in [-0.2, -0.15) is 0 Å². The van der Waals surface area contributed by atoms with Crippen molar-refractivity contribution in [1.82, 2.24) is 0 Å². The van der Waals surface area contributed by atoms with E-state index in [1.807, 2.05) is 0 Å². The van der Waals surface area contributed by atoms with E-state index < -0.39 is 0 Å². The minimum Gasteiger partial charge on any atom is -0.0709 e. The molecule has 0 aromatic heterocycles. The molecule has 0 saturated carbocycles. The fraction of sp³-hybridized carbons (Fsp3) is 0.263. The van der Waals surface area contributed by atoms with Crippen molar-refractivity contribution >= 4 is 5.57 Å². The van der Waals surface area contributed by atoms with Crippen LogP contribution in [0.1, 0.15) is 43.0 Å². The molecule has 0 aliphatic heterocycles. The molecule has 19 heavy (non-hydrogen) atoms. The van der Waals surface area contributed by atoms with Crippen molar-refractivity contribution in [3.8, 4) is 11.1 Å². The topological polar surface area (TPSA) is 0 Å². The smallest absolute Gasteiger partial charge is 0.00873 e. The lowest BCUT2D eigenvalue weighted by molar-refractivity contribution is 0.682. The average Bonchev–Trinajstić information content (AvgIpc) is 2.83. The van der Waals surface area contributed by atoms with Crippen molar-refractivity contribution in [3.05, 3.63) is 64.7 Å².